The van der Waals surface area contributed by atoms with E-state index in [1.165, 1.54) is 36.5 Å². The van der Waals surface area contributed by atoms with Crippen LogP contribution in [0.15, 0.2) is 118 Å². The molecule has 0 aliphatic carbocycles. The molecule has 0 aliphatic heterocycles. The van der Waals surface area contributed by atoms with E-state index in [0.29, 0.717) is 41.6 Å². The van der Waals surface area contributed by atoms with Crippen molar-refractivity contribution < 1.29 is 21.6 Å². The van der Waals surface area contributed by atoms with Crippen molar-refractivity contribution in [2.75, 3.05) is 0 Å². The van der Waals surface area contributed by atoms with Gasteiger partial charge in [0.1, 0.15) is 11.5 Å². The largest absolute Gasteiger partial charge is 0.462 e. The number of rotatable bonds is 16. The van der Waals surface area contributed by atoms with E-state index in [9.17, 15) is 16.8 Å². The lowest BCUT2D eigenvalue weighted by Crippen LogP contribution is -2.06. The Bertz CT molecular complexity index is 1240. The van der Waals surface area contributed by atoms with Crippen LogP contribution in [0.2, 0.25) is 0 Å². The van der Waals surface area contributed by atoms with Gasteiger partial charge in [-0.25, -0.2) is 16.8 Å². The van der Waals surface area contributed by atoms with Gasteiger partial charge in [-0.2, -0.15) is 0 Å². The van der Waals surface area contributed by atoms with E-state index in [1.54, 1.807) is 38.2 Å². The maximum absolute atomic E-state index is 13.2. The highest BCUT2D eigenvalue weighted by Crippen LogP contribution is 2.24. The molecule has 0 aromatic heterocycles. The standard InChI is InChI=1S/C30H42O5S2/c1-10-25(20-22-29(15-6)36(31,32)27(12-3)13-4)35-26(11-2)21-23-30(16-7)37(33,34)28(14-5)19-17-18-24(8)9/h10,12-13,15,17-24H,1,3,6,11,14,16H2,2,4-5,7-9H3/b18-17-,25-20+,26-21+,27-13+,28-19+,29-22+,30-23+. The minimum absolute atomic E-state index is 0.0184. The highest BCUT2D eigenvalue weighted by molar-refractivity contribution is 7.99. The Labute approximate surface area is 225 Å². The van der Waals surface area contributed by atoms with Gasteiger partial charge in [-0.05, 0) is 62.1 Å². The van der Waals surface area contributed by atoms with Crippen LogP contribution in [0, 0.1) is 5.92 Å². The quantitative estimate of drug-likeness (QED) is 0.144. The first-order valence-corrected chi connectivity index (χ1v) is 15.3. The van der Waals surface area contributed by atoms with Gasteiger partial charge >= 0.3 is 0 Å². The molecule has 7 heteroatoms. The summed E-state index contributed by atoms with van der Waals surface area (Å²) < 4.78 is 57.7. The second-order valence-corrected chi connectivity index (χ2v) is 12.1. The van der Waals surface area contributed by atoms with E-state index >= 15 is 0 Å². The lowest BCUT2D eigenvalue weighted by Gasteiger charge is -2.11. The monoisotopic (exact) mass is 546 g/mol. The maximum atomic E-state index is 13.2. The number of ether oxygens (including phenoxy) is 1. The minimum Gasteiger partial charge on any atom is -0.462 e. The first-order chi connectivity index (χ1) is 17.4. The fourth-order valence-electron chi connectivity index (χ4n) is 3.00. The Kier molecular flexibility index (Phi) is 15.5. The van der Waals surface area contributed by atoms with Gasteiger partial charge in [-0.1, -0.05) is 84.7 Å². The molecule has 0 spiro atoms. The van der Waals surface area contributed by atoms with Crippen LogP contribution < -0.4 is 0 Å². The summed E-state index contributed by atoms with van der Waals surface area (Å²) in [4.78, 5) is 0.677. The summed E-state index contributed by atoms with van der Waals surface area (Å²) in [7, 11) is -7.38. The van der Waals surface area contributed by atoms with Crippen LogP contribution in [0.25, 0.3) is 0 Å². The molecule has 0 amide bonds. The summed E-state index contributed by atoms with van der Waals surface area (Å²) >= 11 is 0. The Morgan fingerprint density at radius 2 is 1.30 bits per heavy atom. The molecule has 204 valence electrons. The molecule has 0 bridgehead atoms. The third-order valence-electron chi connectivity index (χ3n) is 5.14. The van der Waals surface area contributed by atoms with Crippen LogP contribution in [0.3, 0.4) is 0 Å². The Morgan fingerprint density at radius 1 is 0.730 bits per heavy atom. The van der Waals surface area contributed by atoms with E-state index < -0.39 is 19.7 Å². The molecule has 0 aromatic rings. The molecule has 0 saturated carbocycles. The second-order valence-electron chi connectivity index (χ2n) is 8.14. The molecule has 0 rings (SSSR count). The molecule has 0 aromatic carbocycles. The Morgan fingerprint density at radius 3 is 1.73 bits per heavy atom. The molecule has 0 aliphatic rings. The second kappa shape index (κ2) is 16.8. The fourth-order valence-corrected chi connectivity index (χ4v) is 5.87. The van der Waals surface area contributed by atoms with Gasteiger partial charge in [0, 0.05) is 16.2 Å². The van der Waals surface area contributed by atoms with Gasteiger partial charge < -0.3 is 4.74 Å². The van der Waals surface area contributed by atoms with Crippen molar-refractivity contribution in [3.05, 3.63) is 118 Å². The lowest BCUT2D eigenvalue weighted by atomic mass is 10.2. The molecule has 0 fully saturated rings. The summed E-state index contributed by atoms with van der Waals surface area (Å²) in [6.07, 6.45) is 18.0. The van der Waals surface area contributed by atoms with Gasteiger partial charge in [0.15, 0.2) is 9.84 Å². The first-order valence-electron chi connectivity index (χ1n) is 12.3. The number of hydrogen-bond donors (Lipinski definition) is 0. The maximum Gasteiger partial charge on any atom is 0.206 e. The smallest absolute Gasteiger partial charge is 0.206 e. The Hall–Kier alpha value is -2.90. The van der Waals surface area contributed by atoms with Crippen molar-refractivity contribution in [3.8, 4) is 0 Å². The van der Waals surface area contributed by atoms with Crippen LogP contribution in [-0.4, -0.2) is 16.8 Å². The molecule has 0 unspecified atom stereocenters. The summed E-state index contributed by atoms with van der Waals surface area (Å²) in [6.45, 7) is 22.0. The summed E-state index contributed by atoms with van der Waals surface area (Å²) in [6, 6.07) is 0. The van der Waals surface area contributed by atoms with Crippen molar-refractivity contribution in [2.45, 2.75) is 60.8 Å². The summed E-state index contributed by atoms with van der Waals surface area (Å²) in [5.41, 5.74) is 0. The third-order valence-corrected chi connectivity index (χ3v) is 9.31. The average molecular weight is 547 g/mol. The molecule has 0 N–H and O–H groups in total. The molecule has 0 atom stereocenters. The first kappa shape index (κ1) is 34.1. The van der Waals surface area contributed by atoms with E-state index in [4.69, 9.17) is 4.74 Å². The molecule has 0 saturated heterocycles. The molecule has 0 heterocycles. The SMILES string of the molecule is C=C/C(=C\C=C(/C=C)S(=O)(=O)/C(C=C)=C/C)O/C(=C/C=C(\CC)S(=O)(=O)/C(=C/C=C\C(C)C)CC)CC. The van der Waals surface area contributed by atoms with Gasteiger partial charge in [-0.3, -0.25) is 0 Å². The molecule has 37 heavy (non-hydrogen) atoms. The van der Waals surface area contributed by atoms with Crippen LogP contribution in [0.5, 0.6) is 0 Å². The molecule has 0 radical (unpaired) electrons. The highest BCUT2D eigenvalue weighted by Gasteiger charge is 2.20. The van der Waals surface area contributed by atoms with Gasteiger partial charge in [0.05, 0.1) is 9.81 Å². The predicted octanol–water partition coefficient (Wildman–Crippen LogP) is 8.16. The topological polar surface area (TPSA) is 77.5 Å². The van der Waals surface area contributed by atoms with Gasteiger partial charge in [0.25, 0.3) is 0 Å². The van der Waals surface area contributed by atoms with Crippen molar-refractivity contribution in [2.24, 2.45) is 5.92 Å². The average Bonchev–Trinajstić information content (AvgIpc) is 2.85. The van der Waals surface area contributed by atoms with Crippen molar-refractivity contribution >= 4 is 19.7 Å². The third kappa shape index (κ3) is 10.5. The van der Waals surface area contributed by atoms with Gasteiger partial charge in [0.2, 0.25) is 9.84 Å². The summed E-state index contributed by atoms with van der Waals surface area (Å²) in [5, 5.41) is 0. The van der Waals surface area contributed by atoms with Crippen LogP contribution in [0.4, 0.5) is 0 Å². The number of sulfone groups is 2. The van der Waals surface area contributed by atoms with E-state index in [-0.39, 0.29) is 14.7 Å². The van der Waals surface area contributed by atoms with Crippen LogP contribution >= 0.6 is 0 Å². The molecular weight excluding hydrogens is 504 g/mol. The fraction of sp³-hybridized carbons (Fsp3) is 0.333. The zero-order chi connectivity index (χ0) is 28.6. The molecular formula is C30H42O5S2. The van der Waals surface area contributed by atoms with Crippen molar-refractivity contribution in [1.82, 2.24) is 0 Å². The number of allylic oxidation sites excluding steroid dienone is 14. The van der Waals surface area contributed by atoms with Crippen LogP contribution in [0.1, 0.15) is 60.8 Å². The van der Waals surface area contributed by atoms with Crippen molar-refractivity contribution in [1.29, 1.82) is 0 Å². The Balaban J connectivity index is 6.29. The van der Waals surface area contributed by atoms with E-state index in [0.717, 1.165) is 0 Å². The lowest BCUT2D eigenvalue weighted by molar-refractivity contribution is 0.309. The summed E-state index contributed by atoms with van der Waals surface area (Å²) in [5.74, 6) is 1.11. The zero-order valence-electron chi connectivity index (χ0n) is 23.0. The van der Waals surface area contributed by atoms with Crippen molar-refractivity contribution in [3.63, 3.8) is 0 Å². The van der Waals surface area contributed by atoms with Crippen LogP contribution in [-0.2, 0) is 24.4 Å². The van der Waals surface area contributed by atoms with Gasteiger partial charge in [-0.15, -0.1) is 0 Å². The zero-order valence-corrected chi connectivity index (χ0v) is 24.7. The van der Waals surface area contributed by atoms with E-state index in [1.807, 2.05) is 33.8 Å². The predicted molar refractivity (Wildman–Crippen MR) is 159 cm³/mol. The number of hydrogen-bond acceptors (Lipinski definition) is 5. The highest BCUT2D eigenvalue weighted by atomic mass is 32.2. The van der Waals surface area contributed by atoms with E-state index in [2.05, 4.69) is 19.7 Å². The minimum atomic E-state index is -3.76. The normalized spacial score (nSPS) is 15.3. The molecule has 5 nitrogen and oxygen atoms in total.